The number of aliphatic hydroxyl groups excluding tert-OH is 8. The molecule has 55 heavy (non-hydrogen) atoms. The van der Waals surface area contributed by atoms with Crippen LogP contribution in [0.2, 0.25) is 0 Å². The number of rotatable bonds is 25. The number of unbranched alkanes of at least 4 members (excludes halogenated alkanes) is 12. The van der Waals surface area contributed by atoms with E-state index in [1.165, 1.54) is 57.8 Å². The first kappa shape index (κ1) is 45.3. The fourth-order valence-corrected chi connectivity index (χ4v) is 7.21. The average Bonchev–Trinajstić information content (AvgIpc) is 3.57. The molecule has 10 N–H and O–H groups in total. The highest BCUT2D eigenvalue weighted by Gasteiger charge is 2.48. The number of fused-ring (bicyclic) bond motifs is 1. The molecule has 1 amide bonds. The van der Waals surface area contributed by atoms with E-state index in [2.05, 4.69) is 10.3 Å². The Hall–Kier alpha value is -2.41. The summed E-state index contributed by atoms with van der Waals surface area (Å²) in [5.41, 5.74) is 1.78. The quantitative estimate of drug-likeness (QED) is 0.0650. The van der Waals surface area contributed by atoms with Crippen molar-refractivity contribution in [3.8, 4) is 5.75 Å². The van der Waals surface area contributed by atoms with Gasteiger partial charge in [-0.1, -0.05) is 77.0 Å². The summed E-state index contributed by atoms with van der Waals surface area (Å²) < 4.78 is 22.5. The van der Waals surface area contributed by atoms with Crippen LogP contribution in [0.3, 0.4) is 0 Å². The second-order valence-electron chi connectivity index (χ2n) is 15.3. The lowest BCUT2D eigenvalue weighted by molar-refractivity contribution is -0.323. The molecule has 15 nitrogen and oxygen atoms in total. The van der Waals surface area contributed by atoms with Crippen LogP contribution in [0.5, 0.6) is 5.75 Å². The zero-order valence-corrected chi connectivity index (χ0v) is 32.2. The van der Waals surface area contributed by atoms with Gasteiger partial charge in [-0.25, -0.2) is 0 Å². The van der Waals surface area contributed by atoms with Crippen LogP contribution in [-0.2, 0) is 25.4 Å². The minimum Gasteiger partial charge on any atom is -0.462 e. The SMILES string of the molecule is CC(O)CCCCCCCCCCCCCCCC(=O)NCCc1c[nH]c2ccc(OC3OC(COC4OC(CO)C(O)C(O)C4O)C(O)C(O)C3O)cc12. The van der Waals surface area contributed by atoms with E-state index in [4.69, 9.17) is 18.9 Å². The smallest absolute Gasteiger partial charge is 0.229 e. The lowest BCUT2D eigenvalue weighted by atomic mass is 9.98. The molecule has 0 radical (unpaired) electrons. The summed E-state index contributed by atoms with van der Waals surface area (Å²) in [7, 11) is 0. The largest absolute Gasteiger partial charge is 0.462 e. The van der Waals surface area contributed by atoms with Gasteiger partial charge < -0.3 is 70.1 Å². The highest BCUT2D eigenvalue weighted by molar-refractivity contribution is 5.84. The van der Waals surface area contributed by atoms with E-state index in [1.54, 1.807) is 18.2 Å². The Labute approximate surface area is 324 Å². The van der Waals surface area contributed by atoms with E-state index in [0.717, 1.165) is 48.6 Å². The van der Waals surface area contributed by atoms with Crippen molar-refractivity contribution in [2.45, 2.75) is 177 Å². The molecule has 1 aromatic carbocycles. The molecule has 0 saturated carbocycles. The second-order valence-corrected chi connectivity index (χ2v) is 15.3. The number of carbonyl (C=O) groups is 1. The maximum absolute atomic E-state index is 12.5. The minimum atomic E-state index is -1.68. The average molecular weight is 783 g/mol. The number of carbonyl (C=O) groups excluding carboxylic acids is 1. The number of ether oxygens (including phenoxy) is 4. The van der Waals surface area contributed by atoms with Crippen LogP contribution in [0.15, 0.2) is 24.4 Å². The second kappa shape index (κ2) is 23.7. The van der Waals surface area contributed by atoms with Crippen LogP contribution in [0.1, 0.15) is 109 Å². The van der Waals surface area contributed by atoms with Crippen LogP contribution in [0.25, 0.3) is 10.9 Å². The third-order valence-electron chi connectivity index (χ3n) is 10.7. The van der Waals surface area contributed by atoms with Crippen molar-refractivity contribution < 1.29 is 64.6 Å². The van der Waals surface area contributed by atoms with E-state index in [1.807, 2.05) is 13.1 Å². The number of nitrogens with one attached hydrogen (secondary N) is 2. The van der Waals surface area contributed by atoms with E-state index in [-0.39, 0.29) is 12.0 Å². The molecule has 3 heterocycles. The molecule has 4 rings (SSSR count). The first-order valence-corrected chi connectivity index (χ1v) is 20.3. The van der Waals surface area contributed by atoms with E-state index in [0.29, 0.717) is 25.1 Å². The summed E-state index contributed by atoms with van der Waals surface area (Å²) in [4.78, 5) is 15.7. The molecule has 2 aliphatic rings. The van der Waals surface area contributed by atoms with Crippen LogP contribution >= 0.6 is 0 Å². The van der Waals surface area contributed by atoms with Gasteiger partial charge in [0.15, 0.2) is 6.29 Å². The maximum Gasteiger partial charge on any atom is 0.229 e. The monoisotopic (exact) mass is 782 g/mol. The van der Waals surface area contributed by atoms with Crippen molar-refractivity contribution in [3.05, 3.63) is 30.0 Å². The summed E-state index contributed by atoms with van der Waals surface area (Å²) in [6, 6.07) is 5.19. The zero-order valence-electron chi connectivity index (χ0n) is 32.2. The third-order valence-corrected chi connectivity index (χ3v) is 10.7. The number of aliphatic hydroxyl groups is 8. The molecule has 0 spiro atoms. The molecular weight excluding hydrogens is 716 g/mol. The molecule has 1 aromatic heterocycles. The highest BCUT2D eigenvalue weighted by Crippen LogP contribution is 2.30. The summed E-state index contributed by atoms with van der Waals surface area (Å²) in [5, 5.41) is 84.6. The zero-order chi connectivity index (χ0) is 39.7. The molecular formula is C40H66N2O13. The van der Waals surface area contributed by atoms with Crippen LogP contribution in [0, 0.1) is 0 Å². The molecule has 2 aromatic rings. The van der Waals surface area contributed by atoms with Crippen LogP contribution in [0.4, 0.5) is 0 Å². The molecule has 2 saturated heterocycles. The predicted octanol–water partition coefficient (Wildman–Crippen LogP) is 2.06. The third kappa shape index (κ3) is 14.2. The molecule has 2 fully saturated rings. The van der Waals surface area contributed by atoms with Crippen molar-refractivity contribution in [2.75, 3.05) is 19.8 Å². The van der Waals surface area contributed by atoms with E-state index < -0.39 is 74.6 Å². The number of aromatic nitrogens is 1. The van der Waals surface area contributed by atoms with E-state index >= 15 is 0 Å². The fraction of sp³-hybridized carbons (Fsp3) is 0.775. The van der Waals surface area contributed by atoms with Gasteiger partial charge in [-0.2, -0.15) is 0 Å². The molecule has 0 aliphatic carbocycles. The van der Waals surface area contributed by atoms with E-state index in [9.17, 15) is 45.6 Å². The number of H-pyrrole nitrogens is 1. The Kier molecular flexibility index (Phi) is 19.5. The molecule has 15 heteroatoms. The van der Waals surface area contributed by atoms with Gasteiger partial charge in [-0.05, 0) is 49.9 Å². The fourth-order valence-electron chi connectivity index (χ4n) is 7.21. The summed E-state index contributed by atoms with van der Waals surface area (Å²) in [6.45, 7) is 1.21. The summed E-state index contributed by atoms with van der Waals surface area (Å²) in [5.74, 6) is 0.346. The van der Waals surface area contributed by atoms with Gasteiger partial charge in [-0.15, -0.1) is 0 Å². The van der Waals surface area contributed by atoms with Gasteiger partial charge >= 0.3 is 0 Å². The molecule has 314 valence electrons. The Morgan fingerprint density at radius 1 is 0.764 bits per heavy atom. The molecule has 11 atom stereocenters. The normalized spacial score (nSPS) is 29.0. The maximum atomic E-state index is 12.5. The summed E-state index contributed by atoms with van der Waals surface area (Å²) in [6.07, 6.45) is 4.14. The van der Waals surface area contributed by atoms with Crippen molar-refractivity contribution in [1.82, 2.24) is 10.3 Å². The Morgan fingerprint density at radius 3 is 1.95 bits per heavy atom. The van der Waals surface area contributed by atoms with Crippen molar-refractivity contribution in [1.29, 1.82) is 0 Å². The standard InChI is InChI=1S/C40H66N2O13/c1-25(44)15-13-11-9-7-5-3-2-4-6-8-10-12-14-16-32(45)41-20-19-26-22-42-29-18-17-27(21-28(26)29)53-40-38(51)36(49)34(47)31(55-40)24-52-39-37(50)35(48)33(46)30(23-43)54-39/h17-18,21-22,25,30-31,33-40,42-44,46-51H,2-16,19-20,23-24H2,1H3,(H,41,45). The number of benzene rings is 1. The van der Waals surface area contributed by atoms with Crippen LogP contribution < -0.4 is 10.1 Å². The molecule has 11 unspecified atom stereocenters. The highest BCUT2D eigenvalue weighted by atomic mass is 16.7. The Bertz CT molecular complexity index is 1380. The van der Waals surface area contributed by atoms with Crippen molar-refractivity contribution in [2.24, 2.45) is 0 Å². The molecule has 2 aliphatic heterocycles. The van der Waals surface area contributed by atoms with Crippen molar-refractivity contribution >= 4 is 16.8 Å². The minimum absolute atomic E-state index is 0.0315. The van der Waals surface area contributed by atoms with Gasteiger partial charge in [0.05, 0.1) is 19.3 Å². The number of hydrogen-bond acceptors (Lipinski definition) is 13. The first-order chi connectivity index (χ1) is 26.5. The number of hydrogen-bond donors (Lipinski definition) is 10. The van der Waals surface area contributed by atoms with Crippen molar-refractivity contribution in [3.63, 3.8) is 0 Å². The predicted molar refractivity (Wildman–Crippen MR) is 203 cm³/mol. The van der Waals surface area contributed by atoms with Gasteiger partial charge in [0.1, 0.15) is 54.6 Å². The molecule has 0 bridgehead atoms. The number of amides is 1. The lowest BCUT2D eigenvalue weighted by Crippen LogP contribution is -2.62. The van der Waals surface area contributed by atoms with Gasteiger partial charge in [0, 0.05) is 30.1 Å². The Morgan fingerprint density at radius 2 is 1.33 bits per heavy atom. The van der Waals surface area contributed by atoms with Gasteiger partial charge in [0.25, 0.3) is 0 Å². The first-order valence-electron chi connectivity index (χ1n) is 20.3. The van der Waals surface area contributed by atoms with Gasteiger partial charge in [-0.3, -0.25) is 4.79 Å². The summed E-state index contributed by atoms with van der Waals surface area (Å²) >= 11 is 0. The number of aromatic amines is 1. The topological polar surface area (TPSA) is 244 Å². The lowest BCUT2D eigenvalue weighted by Gasteiger charge is -2.42. The van der Waals surface area contributed by atoms with Crippen LogP contribution in [-0.4, -0.2) is 139 Å². The van der Waals surface area contributed by atoms with Gasteiger partial charge in [0.2, 0.25) is 12.2 Å². The Balaban J connectivity index is 1.13.